The van der Waals surface area contributed by atoms with Crippen LogP contribution >= 0.6 is 0 Å². The molecule has 118 valence electrons. The van der Waals surface area contributed by atoms with Gasteiger partial charge in [0.25, 0.3) is 0 Å². The van der Waals surface area contributed by atoms with E-state index in [4.69, 9.17) is 4.42 Å². The highest BCUT2D eigenvalue weighted by molar-refractivity contribution is 5.52. The highest BCUT2D eigenvalue weighted by atomic mass is 16.3. The van der Waals surface area contributed by atoms with E-state index < -0.39 is 0 Å². The normalized spacial score (nSPS) is 18.5. The Morgan fingerprint density at radius 2 is 2.09 bits per heavy atom. The molecule has 5 nitrogen and oxygen atoms in total. The van der Waals surface area contributed by atoms with Gasteiger partial charge in [0.15, 0.2) is 0 Å². The van der Waals surface area contributed by atoms with Crippen LogP contribution in [0.25, 0.3) is 11.5 Å². The van der Waals surface area contributed by atoms with Crippen molar-refractivity contribution in [2.75, 3.05) is 6.54 Å². The molecule has 1 atom stereocenters. The summed E-state index contributed by atoms with van der Waals surface area (Å²) >= 11 is 0. The van der Waals surface area contributed by atoms with Gasteiger partial charge < -0.3 is 4.42 Å². The molecule has 0 aliphatic carbocycles. The molecule has 1 aliphatic heterocycles. The summed E-state index contributed by atoms with van der Waals surface area (Å²) in [6.07, 6.45) is 8.09. The predicted molar refractivity (Wildman–Crippen MR) is 87.6 cm³/mol. The van der Waals surface area contributed by atoms with Crippen LogP contribution in [0.2, 0.25) is 0 Å². The van der Waals surface area contributed by atoms with Crippen molar-refractivity contribution < 1.29 is 4.42 Å². The molecule has 0 unspecified atom stereocenters. The Balaban J connectivity index is 1.44. The molecule has 0 radical (unpaired) electrons. The molecule has 1 fully saturated rings. The van der Waals surface area contributed by atoms with Crippen molar-refractivity contribution in [1.82, 2.24) is 19.7 Å². The fourth-order valence-corrected chi connectivity index (χ4v) is 3.24. The molecule has 0 bridgehead atoms. The minimum absolute atomic E-state index is 0.520. The Morgan fingerprint density at radius 1 is 1.17 bits per heavy atom. The summed E-state index contributed by atoms with van der Waals surface area (Å²) in [5.41, 5.74) is 2.02. The molecule has 1 aromatic carbocycles. The molecule has 0 saturated carbocycles. The summed E-state index contributed by atoms with van der Waals surface area (Å²) in [6, 6.07) is 12.5. The highest BCUT2D eigenvalue weighted by Crippen LogP contribution is 2.23. The van der Waals surface area contributed by atoms with Crippen LogP contribution < -0.4 is 0 Å². The van der Waals surface area contributed by atoms with Gasteiger partial charge in [-0.05, 0) is 37.6 Å². The lowest BCUT2D eigenvalue weighted by atomic mass is 10.2. The molecular weight excluding hydrogens is 288 g/mol. The van der Waals surface area contributed by atoms with E-state index in [2.05, 4.69) is 15.0 Å². The largest absolute Gasteiger partial charge is 0.444 e. The molecule has 5 heteroatoms. The smallest absolute Gasteiger partial charge is 0.226 e. The van der Waals surface area contributed by atoms with Gasteiger partial charge >= 0.3 is 0 Å². The van der Waals surface area contributed by atoms with Gasteiger partial charge in [0.1, 0.15) is 6.26 Å². The second kappa shape index (κ2) is 6.38. The number of oxazole rings is 1. The number of rotatable bonds is 5. The maximum absolute atomic E-state index is 5.65. The van der Waals surface area contributed by atoms with E-state index in [0.717, 1.165) is 30.9 Å². The molecule has 4 rings (SSSR count). The van der Waals surface area contributed by atoms with Crippen LogP contribution in [-0.2, 0) is 13.1 Å². The van der Waals surface area contributed by atoms with Crippen molar-refractivity contribution in [2.24, 2.45) is 0 Å². The van der Waals surface area contributed by atoms with Crippen molar-refractivity contribution >= 4 is 0 Å². The molecule has 0 amide bonds. The Bertz CT molecular complexity index is 735. The second-order valence-corrected chi connectivity index (χ2v) is 6.00. The summed E-state index contributed by atoms with van der Waals surface area (Å²) < 4.78 is 7.66. The van der Waals surface area contributed by atoms with Crippen LogP contribution in [-0.4, -0.2) is 32.3 Å². The van der Waals surface area contributed by atoms with Crippen LogP contribution in [0.5, 0.6) is 0 Å². The third-order valence-corrected chi connectivity index (χ3v) is 4.39. The molecule has 2 aromatic heterocycles. The lowest BCUT2D eigenvalue weighted by molar-refractivity contribution is 0.217. The van der Waals surface area contributed by atoms with Crippen LogP contribution in [0.15, 0.2) is 59.5 Å². The lowest BCUT2D eigenvalue weighted by Crippen LogP contribution is -2.32. The quantitative estimate of drug-likeness (QED) is 0.726. The van der Waals surface area contributed by atoms with Crippen LogP contribution in [0, 0.1) is 0 Å². The van der Waals surface area contributed by atoms with Gasteiger partial charge in [-0.1, -0.05) is 18.2 Å². The summed E-state index contributed by atoms with van der Waals surface area (Å²) in [4.78, 5) is 7.13. The zero-order valence-electron chi connectivity index (χ0n) is 13.0. The zero-order chi connectivity index (χ0) is 15.5. The van der Waals surface area contributed by atoms with Gasteiger partial charge in [0.2, 0.25) is 5.89 Å². The van der Waals surface area contributed by atoms with Crippen LogP contribution in [0.1, 0.15) is 18.5 Å². The number of likely N-dealkylation sites (tertiary alicyclic amines) is 1. The van der Waals surface area contributed by atoms with E-state index >= 15 is 0 Å². The topological polar surface area (TPSA) is 47.1 Å². The average Bonchev–Trinajstić information content (AvgIpc) is 3.33. The van der Waals surface area contributed by atoms with E-state index in [-0.39, 0.29) is 0 Å². The second-order valence-electron chi connectivity index (χ2n) is 6.00. The van der Waals surface area contributed by atoms with Crippen molar-refractivity contribution in [3.05, 3.63) is 60.7 Å². The van der Waals surface area contributed by atoms with E-state index in [1.54, 1.807) is 6.26 Å². The molecular formula is C18H20N4O. The van der Waals surface area contributed by atoms with Gasteiger partial charge in [-0.2, -0.15) is 5.10 Å². The van der Waals surface area contributed by atoms with Gasteiger partial charge in [0.05, 0.1) is 12.2 Å². The number of hydrogen-bond acceptors (Lipinski definition) is 4. The van der Waals surface area contributed by atoms with E-state index in [9.17, 15) is 0 Å². The first-order chi connectivity index (χ1) is 11.4. The van der Waals surface area contributed by atoms with Gasteiger partial charge in [-0.25, -0.2) is 4.98 Å². The Kier molecular flexibility index (Phi) is 3.94. The lowest BCUT2D eigenvalue weighted by Gasteiger charge is -2.23. The Hall–Kier alpha value is -2.40. The Morgan fingerprint density at radius 3 is 2.91 bits per heavy atom. The monoisotopic (exact) mass is 308 g/mol. The minimum atomic E-state index is 0.520. The van der Waals surface area contributed by atoms with E-state index in [0.29, 0.717) is 11.9 Å². The number of nitrogens with zero attached hydrogens (tertiary/aromatic N) is 4. The van der Waals surface area contributed by atoms with E-state index in [1.165, 1.54) is 12.8 Å². The maximum Gasteiger partial charge on any atom is 0.226 e. The number of aromatic nitrogens is 3. The highest BCUT2D eigenvalue weighted by Gasteiger charge is 2.25. The van der Waals surface area contributed by atoms with Crippen LogP contribution in [0.4, 0.5) is 0 Å². The number of benzene rings is 1. The molecule has 1 saturated heterocycles. The summed E-state index contributed by atoms with van der Waals surface area (Å²) in [5.74, 6) is 0.698. The molecule has 0 spiro atoms. The van der Waals surface area contributed by atoms with Crippen molar-refractivity contribution in [3.8, 4) is 11.5 Å². The predicted octanol–water partition coefficient (Wildman–Crippen LogP) is 3.20. The number of hydrogen-bond donors (Lipinski definition) is 0. The molecule has 1 aliphatic rings. The molecule has 23 heavy (non-hydrogen) atoms. The maximum atomic E-state index is 5.65. The van der Waals surface area contributed by atoms with Crippen molar-refractivity contribution in [1.29, 1.82) is 0 Å². The molecule has 0 N–H and O–H groups in total. The van der Waals surface area contributed by atoms with Gasteiger partial charge in [0, 0.05) is 30.5 Å². The van der Waals surface area contributed by atoms with E-state index in [1.807, 2.05) is 53.5 Å². The Labute approximate surface area is 135 Å². The standard InChI is InChI=1S/C18H20N4O/c1-2-6-15(7-3-1)18-20-16(14-23-18)12-21-10-4-8-17(21)13-22-11-5-9-19-22/h1-3,5-7,9,11,14,17H,4,8,10,12-13H2/t17-/m0/s1. The molecule has 3 aromatic rings. The first-order valence-electron chi connectivity index (χ1n) is 8.10. The van der Waals surface area contributed by atoms with Crippen molar-refractivity contribution in [2.45, 2.75) is 32.0 Å². The summed E-state index contributed by atoms with van der Waals surface area (Å²) in [5, 5.41) is 4.32. The minimum Gasteiger partial charge on any atom is -0.444 e. The third-order valence-electron chi connectivity index (χ3n) is 4.39. The SMILES string of the molecule is c1ccc(-c2nc(CN3CCC[C@H]3Cn3cccn3)co2)cc1. The fraction of sp³-hybridized carbons (Fsp3) is 0.333. The summed E-state index contributed by atoms with van der Waals surface area (Å²) in [7, 11) is 0. The first kappa shape index (κ1) is 14.2. The third kappa shape index (κ3) is 3.19. The zero-order valence-corrected chi connectivity index (χ0v) is 13.0. The molecule has 3 heterocycles. The van der Waals surface area contributed by atoms with Crippen molar-refractivity contribution in [3.63, 3.8) is 0 Å². The summed E-state index contributed by atoms with van der Waals surface area (Å²) in [6.45, 7) is 2.89. The van der Waals surface area contributed by atoms with Crippen LogP contribution in [0.3, 0.4) is 0 Å². The first-order valence-corrected chi connectivity index (χ1v) is 8.10. The average molecular weight is 308 g/mol. The van der Waals surface area contributed by atoms with Gasteiger partial charge in [-0.15, -0.1) is 0 Å². The fourth-order valence-electron chi connectivity index (χ4n) is 3.24. The van der Waals surface area contributed by atoms with Gasteiger partial charge in [-0.3, -0.25) is 9.58 Å².